The summed E-state index contributed by atoms with van der Waals surface area (Å²) in [7, 11) is 4.01. The second kappa shape index (κ2) is 6.78. The van der Waals surface area contributed by atoms with Gasteiger partial charge in [-0.05, 0) is 44.8 Å². The van der Waals surface area contributed by atoms with Crippen LogP contribution in [0.15, 0.2) is 24.3 Å². The molecule has 0 radical (unpaired) electrons. The Kier molecular flexibility index (Phi) is 4.73. The molecular weight excluding hydrogens is 310 g/mol. The first-order chi connectivity index (χ1) is 11.5. The number of rotatable bonds is 6. The third-order valence-corrected chi connectivity index (χ3v) is 4.74. The number of amides is 2. The molecule has 0 unspecified atom stereocenters. The third-order valence-electron chi connectivity index (χ3n) is 4.74. The highest BCUT2D eigenvalue weighted by Gasteiger charge is 2.55. The van der Waals surface area contributed by atoms with Crippen LogP contribution in [-0.2, 0) is 9.53 Å². The largest absolute Gasteiger partial charge is 0.484 e. The zero-order chi connectivity index (χ0) is 17.3. The highest BCUT2D eigenvalue weighted by molar-refractivity contribution is 5.94. The number of fused-ring (bicyclic) bond motifs is 1. The molecule has 3 N–H and O–H groups in total. The van der Waals surface area contributed by atoms with E-state index in [0.29, 0.717) is 17.2 Å². The Hall–Kier alpha value is -2.12. The van der Waals surface area contributed by atoms with Gasteiger partial charge >= 0.3 is 0 Å². The smallest absolute Gasteiger partial charge is 0.255 e. The minimum absolute atomic E-state index is 0.103. The third kappa shape index (κ3) is 3.22. The van der Waals surface area contributed by atoms with E-state index < -0.39 is 5.91 Å². The molecular formula is C17H23N3O4. The molecule has 24 heavy (non-hydrogen) atoms. The molecule has 7 nitrogen and oxygen atoms in total. The zero-order valence-corrected chi connectivity index (χ0v) is 13.9. The lowest BCUT2D eigenvalue weighted by atomic mass is 9.71. The Morgan fingerprint density at radius 1 is 1.33 bits per heavy atom. The molecule has 1 aromatic carbocycles. The number of nitrogens with zero attached hydrogens (tertiary/aromatic N) is 1. The van der Waals surface area contributed by atoms with E-state index in [1.54, 1.807) is 24.3 Å². The lowest BCUT2D eigenvalue weighted by Crippen LogP contribution is -2.69. The van der Waals surface area contributed by atoms with Crippen molar-refractivity contribution in [2.45, 2.75) is 24.6 Å². The standard InChI is InChI=1S/C17H23N3O4/c1-20(2)15-14(12-7-8-23-16(12)15)19-17(22)10-3-5-11(6-4-10)24-9-13(18)21/h3-6,12,14-16H,7-9H2,1-2H3,(H2,18,21)(H,19,22)/t12-,14+,15-,16-/m0/s1. The number of benzene rings is 1. The van der Waals surface area contributed by atoms with Gasteiger partial charge in [-0.25, -0.2) is 0 Å². The number of nitrogens with one attached hydrogen (secondary N) is 1. The Morgan fingerprint density at radius 3 is 2.67 bits per heavy atom. The van der Waals surface area contributed by atoms with Crippen LogP contribution in [0.25, 0.3) is 0 Å². The maximum Gasteiger partial charge on any atom is 0.255 e. The molecule has 1 heterocycles. The molecule has 1 aliphatic carbocycles. The number of carbonyl (C=O) groups excluding carboxylic acids is 2. The second-order valence-corrected chi connectivity index (χ2v) is 6.52. The van der Waals surface area contributed by atoms with Gasteiger partial charge in [0, 0.05) is 18.1 Å². The minimum Gasteiger partial charge on any atom is -0.484 e. The van der Waals surface area contributed by atoms with Crippen molar-refractivity contribution in [3.63, 3.8) is 0 Å². The first kappa shape index (κ1) is 16.7. The SMILES string of the molecule is CN(C)[C@H]1[C@H](NC(=O)c2ccc(OCC(N)=O)cc2)[C@@H]2CCO[C@@H]21. The fourth-order valence-corrected chi connectivity index (χ4v) is 3.58. The van der Waals surface area contributed by atoms with Crippen LogP contribution in [0, 0.1) is 5.92 Å². The molecule has 4 atom stereocenters. The summed E-state index contributed by atoms with van der Waals surface area (Å²) in [6.45, 7) is 0.582. The van der Waals surface area contributed by atoms with Gasteiger partial charge in [-0.3, -0.25) is 9.59 Å². The average molecular weight is 333 g/mol. The average Bonchev–Trinajstić information content (AvgIpc) is 2.94. The van der Waals surface area contributed by atoms with Crippen LogP contribution >= 0.6 is 0 Å². The van der Waals surface area contributed by atoms with Crippen molar-refractivity contribution in [2.75, 3.05) is 27.3 Å². The van der Waals surface area contributed by atoms with Gasteiger partial charge in [-0.15, -0.1) is 0 Å². The van der Waals surface area contributed by atoms with Gasteiger partial charge in [0.05, 0.1) is 18.2 Å². The van der Waals surface area contributed by atoms with Gasteiger partial charge in [0.1, 0.15) is 5.75 Å². The van der Waals surface area contributed by atoms with Gasteiger partial charge in [-0.2, -0.15) is 0 Å². The van der Waals surface area contributed by atoms with Crippen LogP contribution in [0.2, 0.25) is 0 Å². The van der Waals surface area contributed by atoms with E-state index in [9.17, 15) is 9.59 Å². The number of ether oxygens (including phenoxy) is 2. The molecule has 0 aromatic heterocycles. The van der Waals surface area contributed by atoms with E-state index in [1.165, 1.54) is 0 Å². The number of carbonyl (C=O) groups is 2. The van der Waals surface area contributed by atoms with E-state index in [0.717, 1.165) is 13.0 Å². The minimum atomic E-state index is -0.537. The fourth-order valence-electron chi connectivity index (χ4n) is 3.58. The lowest BCUT2D eigenvalue weighted by Gasteiger charge is -2.50. The van der Waals surface area contributed by atoms with Crippen LogP contribution < -0.4 is 15.8 Å². The summed E-state index contributed by atoms with van der Waals surface area (Å²) in [4.78, 5) is 25.3. The van der Waals surface area contributed by atoms with Gasteiger partial charge in [0.2, 0.25) is 0 Å². The molecule has 3 rings (SSSR count). The van der Waals surface area contributed by atoms with Crippen LogP contribution in [0.4, 0.5) is 0 Å². The van der Waals surface area contributed by atoms with Crippen molar-refractivity contribution < 1.29 is 19.1 Å². The van der Waals surface area contributed by atoms with Crippen molar-refractivity contribution in [3.8, 4) is 5.75 Å². The van der Waals surface area contributed by atoms with E-state index in [4.69, 9.17) is 15.2 Å². The monoisotopic (exact) mass is 333 g/mol. The normalized spacial score (nSPS) is 28.1. The van der Waals surface area contributed by atoms with Gasteiger partial charge in [-0.1, -0.05) is 0 Å². The van der Waals surface area contributed by atoms with Crippen LogP contribution in [0.5, 0.6) is 5.75 Å². The van der Waals surface area contributed by atoms with Gasteiger partial charge < -0.3 is 25.4 Å². The molecule has 1 aliphatic heterocycles. The zero-order valence-electron chi connectivity index (χ0n) is 13.9. The summed E-state index contributed by atoms with van der Waals surface area (Å²) < 4.78 is 10.9. The first-order valence-electron chi connectivity index (χ1n) is 8.07. The topological polar surface area (TPSA) is 93.9 Å². The predicted octanol–water partition coefficient (Wildman–Crippen LogP) is -0.00200. The van der Waals surface area contributed by atoms with Crippen LogP contribution in [-0.4, -0.2) is 62.2 Å². The molecule has 1 saturated carbocycles. The fraction of sp³-hybridized carbons (Fsp3) is 0.529. The summed E-state index contributed by atoms with van der Waals surface area (Å²) in [5.41, 5.74) is 5.59. The highest BCUT2D eigenvalue weighted by atomic mass is 16.5. The van der Waals surface area contributed by atoms with Crippen molar-refractivity contribution in [2.24, 2.45) is 11.7 Å². The summed E-state index contributed by atoms with van der Waals surface area (Å²) >= 11 is 0. The molecule has 7 heteroatoms. The number of likely N-dealkylation sites (N-methyl/N-ethyl adjacent to an activating group) is 1. The molecule has 2 amide bonds. The Bertz CT molecular complexity index is 617. The molecule has 0 spiro atoms. The van der Waals surface area contributed by atoms with Crippen molar-refractivity contribution in [1.82, 2.24) is 10.2 Å². The van der Waals surface area contributed by atoms with Gasteiger partial charge in [0.25, 0.3) is 11.8 Å². The van der Waals surface area contributed by atoms with E-state index in [2.05, 4.69) is 10.2 Å². The second-order valence-electron chi connectivity index (χ2n) is 6.52. The van der Waals surface area contributed by atoms with Crippen LogP contribution in [0.3, 0.4) is 0 Å². The Balaban J connectivity index is 1.61. The first-order valence-corrected chi connectivity index (χ1v) is 8.07. The number of hydrogen-bond acceptors (Lipinski definition) is 5. The summed E-state index contributed by atoms with van der Waals surface area (Å²) in [6, 6.07) is 6.98. The molecule has 1 aromatic rings. The molecule has 0 bridgehead atoms. The summed E-state index contributed by atoms with van der Waals surface area (Å²) in [5, 5.41) is 3.13. The molecule has 2 fully saturated rings. The molecule has 130 valence electrons. The maximum absolute atomic E-state index is 12.5. The maximum atomic E-state index is 12.5. The van der Waals surface area contributed by atoms with Crippen molar-refractivity contribution in [3.05, 3.63) is 29.8 Å². The summed E-state index contributed by atoms with van der Waals surface area (Å²) in [5.74, 6) is 0.243. The van der Waals surface area contributed by atoms with Crippen molar-refractivity contribution in [1.29, 1.82) is 0 Å². The van der Waals surface area contributed by atoms with Crippen LogP contribution in [0.1, 0.15) is 16.8 Å². The summed E-state index contributed by atoms with van der Waals surface area (Å²) in [6.07, 6.45) is 1.20. The van der Waals surface area contributed by atoms with Gasteiger partial charge in [0.15, 0.2) is 6.61 Å². The molecule has 2 aliphatic rings. The van der Waals surface area contributed by atoms with E-state index in [-0.39, 0.29) is 30.7 Å². The lowest BCUT2D eigenvalue weighted by molar-refractivity contribution is -0.119. The Morgan fingerprint density at radius 2 is 2.04 bits per heavy atom. The molecule has 1 saturated heterocycles. The quantitative estimate of drug-likeness (QED) is 0.764. The van der Waals surface area contributed by atoms with E-state index in [1.807, 2.05) is 14.1 Å². The number of nitrogens with two attached hydrogens (primary N) is 1. The van der Waals surface area contributed by atoms with E-state index >= 15 is 0 Å². The highest BCUT2D eigenvalue weighted by Crippen LogP contribution is 2.41. The predicted molar refractivity (Wildman–Crippen MR) is 87.7 cm³/mol. The number of primary amides is 1. The van der Waals surface area contributed by atoms with Crippen molar-refractivity contribution >= 4 is 11.8 Å². The number of hydrogen-bond donors (Lipinski definition) is 2. The Labute approximate surface area is 141 Å².